The zero-order chi connectivity index (χ0) is 15.5. The third kappa shape index (κ3) is 3.82. The summed E-state index contributed by atoms with van der Waals surface area (Å²) in [5, 5.41) is 9.01. The average molecular weight is 307 g/mol. The van der Waals surface area contributed by atoms with Crippen LogP contribution in [-0.2, 0) is 10.0 Å². The van der Waals surface area contributed by atoms with Crippen molar-refractivity contribution in [3.05, 3.63) is 29.8 Å². The lowest BCUT2D eigenvalue weighted by molar-refractivity contribution is 0.265. The minimum atomic E-state index is -3.62. The number of nitrogens with zero attached hydrogens (tertiary/aromatic N) is 2. The summed E-state index contributed by atoms with van der Waals surface area (Å²) < 4.78 is 27.3. The summed E-state index contributed by atoms with van der Waals surface area (Å²) in [6.45, 7) is 6.65. The van der Waals surface area contributed by atoms with Crippen molar-refractivity contribution in [3.8, 4) is 6.07 Å². The molecule has 0 amide bonds. The van der Waals surface area contributed by atoms with Crippen molar-refractivity contribution in [2.45, 2.75) is 31.2 Å². The first-order valence-corrected chi connectivity index (χ1v) is 8.65. The fourth-order valence-electron chi connectivity index (χ4n) is 2.60. The summed E-state index contributed by atoms with van der Waals surface area (Å²) in [5.74, 6) is 0.330. The fourth-order valence-corrected chi connectivity index (χ4v) is 3.87. The summed E-state index contributed by atoms with van der Waals surface area (Å²) in [7, 11) is -3.62. The van der Waals surface area contributed by atoms with E-state index in [4.69, 9.17) is 5.26 Å². The van der Waals surface area contributed by atoms with Crippen LogP contribution in [0.5, 0.6) is 0 Å². The van der Waals surface area contributed by atoms with Crippen molar-refractivity contribution in [1.82, 2.24) is 9.62 Å². The van der Waals surface area contributed by atoms with Crippen LogP contribution in [-0.4, -0.2) is 39.0 Å². The van der Waals surface area contributed by atoms with Crippen molar-refractivity contribution < 1.29 is 8.42 Å². The molecule has 5 nitrogen and oxygen atoms in total. The fraction of sp³-hybridized carbons (Fsp3) is 0.533. The van der Waals surface area contributed by atoms with E-state index in [0.717, 1.165) is 19.5 Å². The second-order valence-corrected chi connectivity index (χ2v) is 7.44. The third-order valence-corrected chi connectivity index (χ3v) is 5.39. The topological polar surface area (TPSA) is 73.2 Å². The van der Waals surface area contributed by atoms with Crippen LogP contribution in [0, 0.1) is 17.2 Å². The maximum absolute atomic E-state index is 12.3. The van der Waals surface area contributed by atoms with Gasteiger partial charge in [0.05, 0.1) is 10.5 Å². The van der Waals surface area contributed by atoms with E-state index in [1.54, 1.807) is 12.1 Å². The Kier molecular flexibility index (Phi) is 4.99. The third-order valence-electron chi connectivity index (χ3n) is 3.91. The molecule has 2 rings (SSSR count). The molecule has 1 N–H and O–H groups in total. The lowest BCUT2D eigenvalue weighted by Gasteiger charge is -2.20. The van der Waals surface area contributed by atoms with Gasteiger partial charge in [0, 0.05) is 19.1 Å². The van der Waals surface area contributed by atoms with Gasteiger partial charge in [0.1, 0.15) is 6.07 Å². The van der Waals surface area contributed by atoms with Gasteiger partial charge in [-0.15, -0.1) is 0 Å². The van der Waals surface area contributed by atoms with E-state index in [9.17, 15) is 8.42 Å². The zero-order valence-corrected chi connectivity index (χ0v) is 13.2. The Labute approximate surface area is 126 Å². The largest absolute Gasteiger partial charge is 0.301 e. The normalized spacial score (nSPS) is 19.8. The molecule has 21 heavy (non-hydrogen) atoms. The summed E-state index contributed by atoms with van der Waals surface area (Å²) >= 11 is 0. The monoisotopic (exact) mass is 307 g/mol. The molecule has 114 valence electrons. The Morgan fingerprint density at radius 2 is 2.14 bits per heavy atom. The van der Waals surface area contributed by atoms with E-state index in [0.29, 0.717) is 18.5 Å². The average Bonchev–Trinajstić information content (AvgIpc) is 2.94. The van der Waals surface area contributed by atoms with Gasteiger partial charge in [-0.05, 0) is 44.9 Å². The zero-order valence-electron chi connectivity index (χ0n) is 12.4. The van der Waals surface area contributed by atoms with Crippen molar-refractivity contribution in [1.29, 1.82) is 5.26 Å². The molecule has 1 aliphatic rings. The van der Waals surface area contributed by atoms with E-state index in [2.05, 4.69) is 23.5 Å². The molecule has 6 heteroatoms. The molecule has 0 aliphatic carbocycles. The van der Waals surface area contributed by atoms with E-state index in [-0.39, 0.29) is 10.5 Å². The Balaban J connectivity index is 2.01. The molecular formula is C15H21N3O2S. The van der Waals surface area contributed by atoms with Crippen LogP contribution >= 0.6 is 0 Å². The summed E-state index contributed by atoms with van der Waals surface area (Å²) in [5.41, 5.74) is 0.181. The van der Waals surface area contributed by atoms with Gasteiger partial charge < -0.3 is 4.90 Å². The first-order chi connectivity index (χ1) is 9.94. The van der Waals surface area contributed by atoms with Crippen LogP contribution in [0.3, 0.4) is 0 Å². The molecule has 0 spiro atoms. The summed E-state index contributed by atoms with van der Waals surface area (Å²) in [4.78, 5) is 2.41. The van der Waals surface area contributed by atoms with E-state index < -0.39 is 10.0 Å². The highest BCUT2D eigenvalue weighted by molar-refractivity contribution is 7.89. The quantitative estimate of drug-likeness (QED) is 0.896. The first kappa shape index (κ1) is 16.0. The number of nitriles is 1. The Hall–Kier alpha value is -1.42. The molecule has 0 radical (unpaired) electrons. The number of likely N-dealkylation sites (tertiary alicyclic amines) is 1. The molecule has 1 saturated heterocycles. The molecule has 1 aliphatic heterocycles. The van der Waals surface area contributed by atoms with Gasteiger partial charge in [-0.3, -0.25) is 0 Å². The Bertz CT molecular complexity index is 635. The lowest BCUT2D eigenvalue weighted by atomic mass is 10.1. The Morgan fingerprint density at radius 1 is 1.43 bits per heavy atom. The van der Waals surface area contributed by atoms with Gasteiger partial charge in [-0.25, -0.2) is 13.1 Å². The SMILES string of the molecule is CC(C)N1CCC(CNS(=O)(=O)c2ccccc2C#N)C1. The highest BCUT2D eigenvalue weighted by Gasteiger charge is 2.26. The molecule has 0 aromatic heterocycles. The number of hydrogen-bond donors (Lipinski definition) is 1. The standard InChI is InChI=1S/C15H21N3O2S/c1-12(2)18-8-7-13(11-18)10-17-21(19,20)15-6-4-3-5-14(15)9-16/h3-6,12-13,17H,7-8,10-11H2,1-2H3. The van der Waals surface area contributed by atoms with Crippen LogP contribution < -0.4 is 4.72 Å². The van der Waals surface area contributed by atoms with Crippen molar-refractivity contribution in [2.75, 3.05) is 19.6 Å². The van der Waals surface area contributed by atoms with Gasteiger partial charge in [0.25, 0.3) is 0 Å². The van der Waals surface area contributed by atoms with Gasteiger partial charge in [-0.1, -0.05) is 12.1 Å². The highest BCUT2D eigenvalue weighted by Crippen LogP contribution is 2.19. The number of benzene rings is 1. The van der Waals surface area contributed by atoms with Crippen molar-refractivity contribution >= 4 is 10.0 Å². The molecule has 1 heterocycles. The highest BCUT2D eigenvalue weighted by atomic mass is 32.2. The summed E-state index contributed by atoms with van der Waals surface area (Å²) in [6, 6.07) is 8.69. The van der Waals surface area contributed by atoms with Crippen molar-refractivity contribution in [3.63, 3.8) is 0 Å². The number of hydrogen-bond acceptors (Lipinski definition) is 4. The second-order valence-electron chi connectivity index (χ2n) is 5.70. The molecule has 1 fully saturated rings. The maximum Gasteiger partial charge on any atom is 0.241 e. The molecule has 1 unspecified atom stereocenters. The maximum atomic E-state index is 12.3. The number of rotatable bonds is 5. The molecule has 1 aromatic rings. The van der Waals surface area contributed by atoms with Crippen molar-refractivity contribution in [2.24, 2.45) is 5.92 Å². The Morgan fingerprint density at radius 3 is 2.76 bits per heavy atom. The first-order valence-electron chi connectivity index (χ1n) is 7.17. The molecule has 0 bridgehead atoms. The minimum Gasteiger partial charge on any atom is -0.301 e. The molecule has 1 atom stereocenters. The van der Waals surface area contributed by atoms with Crippen LogP contribution in [0.2, 0.25) is 0 Å². The number of sulfonamides is 1. The van der Waals surface area contributed by atoms with Crippen LogP contribution in [0.25, 0.3) is 0 Å². The van der Waals surface area contributed by atoms with E-state index in [1.165, 1.54) is 12.1 Å². The predicted molar refractivity (Wildman–Crippen MR) is 81.2 cm³/mol. The van der Waals surface area contributed by atoms with Gasteiger partial charge in [0.15, 0.2) is 0 Å². The van der Waals surface area contributed by atoms with Crippen LogP contribution in [0.4, 0.5) is 0 Å². The summed E-state index contributed by atoms with van der Waals surface area (Å²) in [6.07, 6.45) is 1.00. The molecular weight excluding hydrogens is 286 g/mol. The lowest BCUT2D eigenvalue weighted by Crippen LogP contribution is -2.33. The molecule has 0 saturated carbocycles. The van der Waals surface area contributed by atoms with Gasteiger partial charge in [0.2, 0.25) is 10.0 Å². The minimum absolute atomic E-state index is 0.0613. The smallest absolute Gasteiger partial charge is 0.241 e. The van der Waals surface area contributed by atoms with E-state index >= 15 is 0 Å². The second kappa shape index (κ2) is 6.56. The van der Waals surface area contributed by atoms with Crippen LogP contribution in [0.15, 0.2) is 29.2 Å². The van der Waals surface area contributed by atoms with Crippen LogP contribution in [0.1, 0.15) is 25.8 Å². The van der Waals surface area contributed by atoms with E-state index in [1.807, 2.05) is 6.07 Å². The number of nitrogens with one attached hydrogen (secondary N) is 1. The molecule has 1 aromatic carbocycles. The van der Waals surface area contributed by atoms with Gasteiger partial charge >= 0.3 is 0 Å². The predicted octanol–water partition coefficient (Wildman–Crippen LogP) is 1.57. The van der Waals surface area contributed by atoms with Gasteiger partial charge in [-0.2, -0.15) is 5.26 Å².